The van der Waals surface area contributed by atoms with E-state index < -0.39 is 5.97 Å². The Hall–Kier alpha value is -2.43. The van der Waals surface area contributed by atoms with E-state index >= 15 is 0 Å². The third-order valence-corrected chi connectivity index (χ3v) is 3.18. The van der Waals surface area contributed by atoms with Crippen LogP contribution in [0.4, 0.5) is 11.5 Å². The number of aryl methyl sites for hydroxylation is 2. The van der Waals surface area contributed by atoms with Crippen LogP contribution in [0.15, 0.2) is 24.3 Å². The first-order chi connectivity index (χ1) is 9.51. The van der Waals surface area contributed by atoms with Gasteiger partial charge in [0.1, 0.15) is 11.6 Å². The molecule has 1 aromatic carbocycles. The molecule has 0 spiro atoms. The van der Waals surface area contributed by atoms with Gasteiger partial charge < -0.3 is 10.4 Å². The number of carboxylic acid groups (broad SMARTS) is 1. The zero-order valence-electron chi connectivity index (χ0n) is 11.8. The molecule has 0 saturated carbocycles. The Bertz CT molecular complexity index is 654. The van der Waals surface area contributed by atoms with Crippen molar-refractivity contribution in [2.45, 2.75) is 27.2 Å². The number of anilines is 2. The van der Waals surface area contributed by atoms with Gasteiger partial charge in [0.15, 0.2) is 5.69 Å². The highest BCUT2D eigenvalue weighted by molar-refractivity contribution is 5.86. The molecule has 1 aromatic heterocycles. The van der Waals surface area contributed by atoms with Gasteiger partial charge in [-0.1, -0.05) is 19.1 Å². The van der Waals surface area contributed by atoms with Crippen molar-refractivity contribution in [3.8, 4) is 0 Å². The van der Waals surface area contributed by atoms with Crippen molar-refractivity contribution < 1.29 is 9.90 Å². The second-order valence-corrected chi connectivity index (χ2v) is 4.59. The van der Waals surface area contributed by atoms with Crippen LogP contribution in [0.5, 0.6) is 0 Å². The van der Waals surface area contributed by atoms with Crippen LogP contribution in [0, 0.1) is 13.8 Å². The number of nitrogens with one attached hydrogen (secondary N) is 1. The fraction of sp³-hybridized carbons (Fsp3) is 0.267. The Morgan fingerprint density at radius 1 is 1.30 bits per heavy atom. The van der Waals surface area contributed by atoms with Crippen LogP contribution in [0.2, 0.25) is 0 Å². The first-order valence-electron chi connectivity index (χ1n) is 6.45. The molecule has 20 heavy (non-hydrogen) atoms. The molecule has 5 nitrogen and oxygen atoms in total. The lowest BCUT2D eigenvalue weighted by Gasteiger charge is -2.11. The molecule has 0 bridgehead atoms. The number of nitrogens with zero attached hydrogens (tertiary/aromatic N) is 2. The number of rotatable bonds is 4. The summed E-state index contributed by atoms with van der Waals surface area (Å²) in [5.41, 5.74) is 3.20. The Labute approximate surface area is 117 Å². The van der Waals surface area contributed by atoms with Gasteiger partial charge in [0.05, 0.1) is 0 Å². The molecule has 1 heterocycles. The van der Waals surface area contributed by atoms with Gasteiger partial charge in [-0.15, -0.1) is 0 Å². The van der Waals surface area contributed by atoms with Crippen molar-refractivity contribution in [2.24, 2.45) is 0 Å². The Morgan fingerprint density at radius 3 is 2.70 bits per heavy atom. The summed E-state index contributed by atoms with van der Waals surface area (Å²) in [4.78, 5) is 19.4. The van der Waals surface area contributed by atoms with E-state index in [4.69, 9.17) is 5.11 Å². The standard InChI is InChI=1S/C15H17N3O2/c1-4-13-17-12(15(19)20)8-14(18-13)16-11-7-5-6-9(2)10(11)3/h5-8H,4H2,1-3H3,(H,19,20)(H,16,17,18). The number of benzene rings is 1. The number of carbonyl (C=O) groups is 1. The zero-order chi connectivity index (χ0) is 14.7. The quantitative estimate of drug-likeness (QED) is 0.893. The molecular weight excluding hydrogens is 254 g/mol. The summed E-state index contributed by atoms with van der Waals surface area (Å²) in [7, 11) is 0. The lowest BCUT2D eigenvalue weighted by Crippen LogP contribution is -2.08. The minimum Gasteiger partial charge on any atom is -0.477 e. The van der Waals surface area contributed by atoms with Crippen molar-refractivity contribution in [1.29, 1.82) is 0 Å². The van der Waals surface area contributed by atoms with Gasteiger partial charge in [-0.2, -0.15) is 0 Å². The molecule has 0 fully saturated rings. The summed E-state index contributed by atoms with van der Waals surface area (Å²) in [5.74, 6) is -0.0354. The lowest BCUT2D eigenvalue weighted by atomic mass is 10.1. The molecule has 5 heteroatoms. The summed E-state index contributed by atoms with van der Waals surface area (Å²) in [6.45, 7) is 5.93. The molecule has 0 aliphatic rings. The predicted molar refractivity (Wildman–Crippen MR) is 77.6 cm³/mol. The summed E-state index contributed by atoms with van der Waals surface area (Å²) < 4.78 is 0. The Morgan fingerprint density at radius 2 is 2.05 bits per heavy atom. The van der Waals surface area contributed by atoms with Crippen molar-refractivity contribution in [3.05, 3.63) is 46.9 Å². The van der Waals surface area contributed by atoms with Crippen LogP contribution in [0.25, 0.3) is 0 Å². The highest BCUT2D eigenvalue weighted by Crippen LogP contribution is 2.22. The molecule has 0 radical (unpaired) electrons. The van der Waals surface area contributed by atoms with E-state index in [1.54, 1.807) is 0 Å². The smallest absolute Gasteiger partial charge is 0.354 e. The van der Waals surface area contributed by atoms with Gasteiger partial charge in [-0.3, -0.25) is 0 Å². The van der Waals surface area contributed by atoms with Gasteiger partial charge in [-0.05, 0) is 31.0 Å². The predicted octanol–water partition coefficient (Wildman–Crippen LogP) is 3.10. The Balaban J connectivity index is 2.40. The molecule has 2 rings (SSSR count). The zero-order valence-corrected chi connectivity index (χ0v) is 11.8. The van der Waals surface area contributed by atoms with Crippen molar-refractivity contribution in [1.82, 2.24) is 9.97 Å². The summed E-state index contributed by atoms with van der Waals surface area (Å²) in [6, 6.07) is 7.37. The molecule has 0 amide bonds. The van der Waals surface area contributed by atoms with E-state index in [1.807, 2.05) is 39.0 Å². The Kier molecular flexibility index (Phi) is 3.98. The average Bonchev–Trinajstić information content (AvgIpc) is 2.43. The molecular formula is C15H17N3O2. The number of aromatic nitrogens is 2. The van der Waals surface area contributed by atoms with E-state index in [1.165, 1.54) is 11.6 Å². The molecule has 0 atom stereocenters. The van der Waals surface area contributed by atoms with Crippen LogP contribution in [-0.2, 0) is 6.42 Å². The number of carboxylic acids is 1. The van der Waals surface area contributed by atoms with Gasteiger partial charge >= 0.3 is 5.97 Å². The highest BCUT2D eigenvalue weighted by atomic mass is 16.4. The summed E-state index contributed by atoms with van der Waals surface area (Å²) in [6.07, 6.45) is 0.586. The molecule has 0 aliphatic carbocycles. The largest absolute Gasteiger partial charge is 0.477 e. The van der Waals surface area contributed by atoms with Crippen LogP contribution in [-0.4, -0.2) is 21.0 Å². The lowest BCUT2D eigenvalue weighted by molar-refractivity contribution is 0.0690. The van der Waals surface area contributed by atoms with Gasteiger partial charge in [-0.25, -0.2) is 14.8 Å². The maximum absolute atomic E-state index is 11.1. The number of hydrogen-bond acceptors (Lipinski definition) is 4. The van der Waals surface area contributed by atoms with Gasteiger partial charge in [0.25, 0.3) is 0 Å². The van der Waals surface area contributed by atoms with Gasteiger partial charge in [0.2, 0.25) is 0 Å². The third-order valence-electron chi connectivity index (χ3n) is 3.18. The second kappa shape index (κ2) is 5.69. The van der Waals surface area contributed by atoms with E-state index in [-0.39, 0.29) is 5.69 Å². The fourth-order valence-electron chi connectivity index (χ4n) is 1.85. The third kappa shape index (κ3) is 2.93. The average molecular weight is 271 g/mol. The van der Waals surface area contributed by atoms with Crippen LogP contribution in [0.1, 0.15) is 34.4 Å². The van der Waals surface area contributed by atoms with Crippen LogP contribution in [0.3, 0.4) is 0 Å². The summed E-state index contributed by atoms with van der Waals surface area (Å²) in [5, 5.41) is 12.2. The van der Waals surface area contributed by atoms with E-state index in [9.17, 15) is 4.79 Å². The van der Waals surface area contributed by atoms with E-state index in [2.05, 4.69) is 15.3 Å². The fourth-order valence-corrected chi connectivity index (χ4v) is 1.85. The normalized spacial score (nSPS) is 10.3. The minimum absolute atomic E-state index is 0.00431. The van der Waals surface area contributed by atoms with Crippen molar-refractivity contribution in [3.63, 3.8) is 0 Å². The maximum Gasteiger partial charge on any atom is 0.354 e. The number of hydrogen-bond donors (Lipinski definition) is 2. The van der Waals surface area contributed by atoms with Gasteiger partial charge in [0, 0.05) is 18.2 Å². The molecule has 0 aliphatic heterocycles. The van der Waals surface area contributed by atoms with E-state index in [0.717, 1.165) is 11.3 Å². The van der Waals surface area contributed by atoms with Crippen molar-refractivity contribution in [2.75, 3.05) is 5.32 Å². The molecule has 2 aromatic rings. The summed E-state index contributed by atoms with van der Waals surface area (Å²) >= 11 is 0. The topological polar surface area (TPSA) is 75.1 Å². The highest BCUT2D eigenvalue weighted by Gasteiger charge is 2.10. The molecule has 0 saturated heterocycles. The monoisotopic (exact) mass is 271 g/mol. The molecule has 2 N–H and O–H groups in total. The SMILES string of the molecule is CCc1nc(Nc2cccc(C)c2C)cc(C(=O)O)n1. The maximum atomic E-state index is 11.1. The first-order valence-corrected chi connectivity index (χ1v) is 6.45. The minimum atomic E-state index is -1.05. The first kappa shape index (κ1) is 14.0. The van der Waals surface area contributed by atoms with Crippen LogP contribution >= 0.6 is 0 Å². The van der Waals surface area contributed by atoms with Crippen molar-refractivity contribution >= 4 is 17.5 Å². The van der Waals surface area contributed by atoms with Crippen LogP contribution < -0.4 is 5.32 Å². The second-order valence-electron chi connectivity index (χ2n) is 4.59. The molecule has 0 unspecified atom stereocenters. The number of aromatic carboxylic acids is 1. The molecule has 104 valence electrons. The van der Waals surface area contributed by atoms with E-state index in [0.29, 0.717) is 18.1 Å².